The van der Waals surface area contributed by atoms with Gasteiger partial charge in [-0.2, -0.15) is 0 Å². The molecule has 2 atom stereocenters. The van der Waals surface area contributed by atoms with Crippen molar-refractivity contribution in [3.05, 3.63) is 47.1 Å². The van der Waals surface area contributed by atoms with Crippen LogP contribution in [0.25, 0.3) is 0 Å². The van der Waals surface area contributed by atoms with Crippen LogP contribution in [0, 0.1) is 5.92 Å². The monoisotopic (exact) mass is 320 g/mol. The maximum Gasteiger partial charge on any atom is 0.114 e. The van der Waals surface area contributed by atoms with E-state index in [9.17, 15) is 5.11 Å². The highest BCUT2D eigenvalue weighted by atomic mass is 17.1. The molecular formula is C20H32O3. The van der Waals surface area contributed by atoms with Crippen LogP contribution in [0.15, 0.2) is 47.1 Å². The fourth-order valence-electron chi connectivity index (χ4n) is 2.85. The normalized spacial score (nSPS) is 32.3. The fraction of sp³-hybridized carbons (Fsp3) is 0.600. The second-order valence-electron chi connectivity index (χ2n) is 6.93. The van der Waals surface area contributed by atoms with E-state index in [2.05, 4.69) is 51.3 Å². The van der Waals surface area contributed by atoms with Crippen LogP contribution in [-0.4, -0.2) is 22.6 Å². The first-order chi connectivity index (χ1) is 10.8. The minimum absolute atomic E-state index is 0.255. The lowest BCUT2D eigenvalue weighted by Gasteiger charge is -2.23. The number of aliphatic hydroxyl groups is 1. The van der Waals surface area contributed by atoms with Crippen molar-refractivity contribution in [2.45, 2.75) is 72.0 Å². The van der Waals surface area contributed by atoms with Crippen LogP contribution in [0.5, 0.6) is 0 Å². The predicted molar refractivity (Wildman–Crippen MR) is 96.2 cm³/mol. The summed E-state index contributed by atoms with van der Waals surface area (Å²) in [6.45, 7) is 12.4. The molecule has 3 heteroatoms. The van der Waals surface area contributed by atoms with Crippen LogP contribution < -0.4 is 0 Å². The van der Waals surface area contributed by atoms with E-state index >= 15 is 0 Å². The molecule has 0 bridgehead atoms. The van der Waals surface area contributed by atoms with Gasteiger partial charge in [0, 0.05) is 6.42 Å². The van der Waals surface area contributed by atoms with Crippen LogP contribution in [0.1, 0.15) is 59.8 Å². The van der Waals surface area contributed by atoms with Gasteiger partial charge in [-0.15, -0.1) is 0 Å². The SMILES string of the molecule is C=C1C[C@H](O)/C(C(C)C)=C\C=C(/C)CC/C=C(\C)CC[C@@H]1OO. The van der Waals surface area contributed by atoms with Crippen molar-refractivity contribution in [2.75, 3.05) is 0 Å². The summed E-state index contributed by atoms with van der Waals surface area (Å²) in [6.07, 6.45) is 9.34. The van der Waals surface area contributed by atoms with Gasteiger partial charge in [0.15, 0.2) is 0 Å². The summed E-state index contributed by atoms with van der Waals surface area (Å²) in [4.78, 5) is 4.60. The van der Waals surface area contributed by atoms with E-state index in [4.69, 9.17) is 5.26 Å². The van der Waals surface area contributed by atoms with Crippen molar-refractivity contribution < 1.29 is 15.3 Å². The molecular weight excluding hydrogens is 288 g/mol. The van der Waals surface area contributed by atoms with Crippen molar-refractivity contribution in [3.8, 4) is 0 Å². The van der Waals surface area contributed by atoms with Crippen LogP contribution in [-0.2, 0) is 4.89 Å². The number of hydrogen-bond donors (Lipinski definition) is 2. The average Bonchev–Trinajstić information content (AvgIpc) is 2.46. The molecule has 23 heavy (non-hydrogen) atoms. The summed E-state index contributed by atoms with van der Waals surface area (Å²) in [6, 6.07) is 0. The Morgan fingerprint density at radius 3 is 2.48 bits per heavy atom. The van der Waals surface area contributed by atoms with Crippen molar-refractivity contribution in [3.63, 3.8) is 0 Å². The first-order valence-electron chi connectivity index (χ1n) is 8.54. The topological polar surface area (TPSA) is 49.7 Å². The van der Waals surface area contributed by atoms with Crippen molar-refractivity contribution in [1.29, 1.82) is 0 Å². The fourth-order valence-corrected chi connectivity index (χ4v) is 2.85. The summed E-state index contributed by atoms with van der Waals surface area (Å²) in [5.74, 6) is 0.255. The molecule has 0 unspecified atom stereocenters. The Labute approximate surface area is 141 Å². The van der Waals surface area contributed by atoms with E-state index in [1.54, 1.807) is 0 Å². The number of hydrogen-bond acceptors (Lipinski definition) is 3. The lowest BCUT2D eigenvalue weighted by Crippen LogP contribution is -2.21. The Kier molecular flexibility index (Phi) is 8.53. The molecule has 3 nitrogen and oxygen atoms in total. The molecule has 0 aromatic rings. The van der Waals surface area contributed by atoms with Gasteiger partial charge in [-0.3, -0.25) is 5.26 Å². The molecule has 0 radical (unpaired) electrons. The summed E-state index contributed by atoms with van der Waals surface area (Å²) >= 11 is 0. The van der Waals surface area contributed by atoms with Crippen LogP contribution >= 0.6 is 0 Å². The van der Waals surface area contributed by atoms with Gasteiger partial charge < -0.3 is 5.11 Å². The lowest BCUT2D eigenvalue weighted by molar-refractivity contribution is -0.270. The number of rotatable bonds is 2. The van der Waals surface area contributed by atoms with E-state index in [-0.39, 0.29) is 5.92 Å². The largest absolute Gasteiger partial charge is 0.388 e. The van der Waals surface area contributed by atoms with Crippen LogP contribution in [0.4, 0.5) is 0 Å². The Hall–Kier alpha value is -1.16. The third-order valence-corrected chi connectivity index (χ3v) is 4.48. The van der Waals surface area contributed by atoms with Gasteiger partial charge in [0.1, 0.15) is 6.10 Å². The van der Waals surface area contributed by atoms with E-state index in [1.165, 1.54) is 11.1 Å². The number of allylic oxidation sites excluding steroid dienone is 5. The van der Waals surface area contributed by atoms with Gasteiger partial charge in [0.05, 0.1) is 6.10 Å². The zero-order valence-electron chi connectivity index (χ0n) is 15.0. The Bertz CT molecular complexity index is 483. The van der Waals surface area contributed by atoms with Gasteiger partial charge in [-0.05, 0) is 56.6 Å². The molecule has 1 rings (SSSR count). The molecule has 1 aliphatic rings. The molecule has 0 heterocycles. The second-order valence-corrected chi connectivity index (χ2v) is 6.93. The second kappa shape index (κ2) is 9.86. The van der Waals surface area contributed by atoms with Crippen molar-refractivity contribution in [2.24, 2.45) is 5.92 Å². The molecule has 0 amide bonds. The highest BCUT2D eigenvalue weighted by Gasteiger charge is 2.20. The molecule has 130 valence electrons. The smallest absolute Gasteiger partial charge is 0.114 e. The molecule has 0 saturated heterocycles. The first kappa shape index (κ1) is 19.9. The zero-order valence-corrected chi connectivity index (χ0v) is 15.0. The van der Waals surface area contributed by atoms with E-state index in [0.29, 0.717) is 12.8 Å². The molecule has 0 fully saturated rings. The van der Waals surface area contributed by atoms with Gasteiger partial charge in [0.2, 0.25) is 0 Å². The van der Waals surface area contributed by atoms with Crippen LogP contribution in [0.3, 0.4) is 0 Å². The van der Waals surface area contributed by atoms with Crippen molar-refractivity contribution >= 4 is 0 Å². The molecule has 1 aliphatic carbocycles. The zero-order chi connectivity index (χ0) is 17.4. The van der Waals surface area contributed by atoms with E-state index < -0.39 is 12.2 Å². The predicted octanol–water partition coefficient (Wildman–Crippen LogP) is 5.20. The molecule has 2 N–H and O–H groups in total. The molecule has 0 saturated carbocycles. The summed E-state index contributed by atoms with van der Waals surface area (Å²) in [5, 5.41) is 19.7. The highest BCUT2D eigenvalue weighted by Crippen LogP contribution is 2.25. The maximum atomic E-state index is 10.6. The van der Waals surface area contributed by atoms with E-state index in [0.717, 1.165) is 30.4 Å². The first-order valence-corrected chi connectivity index (χ1v) is 8.54. The molecule has 0 aromatic heterocycles. The Morgan fingerprint density at radius 1 is 1.17 bits per heavy atom. The van der Waals surface area contributed by atoms with Crippen molar-refractivity contribution in [1.82, 2.24) is 0 Å². The number of aliphatic hydroxyl groups excluding tert-OH is 1. The standard InChI is InChI=1S/C20H32O3/c1-14(2)18-11-9-15(3)7-6-8-16(4)10-12-20(23-22)17(5)13-19(18)21/h8-9,11,14,19-22H,5-7,10,12-13H2,1-4H3/b15-9+,16-8+,18-11-/t19-,20-/m0/s1. The molecule has 0 aromatic carbocycles. The molecule has 0 spiro atoms. The highest BCUT2D eigenvalue weighted by molar-refractivity contribution is 5.23. The maximum absolute atomic E-state index is 10.6. The van der Waals surface area contributed by atoms with Gasteiger partial charge in [-0.1, -0.05) is 49.8 Å². The molecule has 0 aliphatic heterocycles. The summed E-state index contributed by atoms with van der Waals surface area (Å²) in [7, 11) is 0. The third kappa shape index (κ3) is 6.86. The summed E-state index contributed by atoms with van der Waals surface area (Å²) < 4.78 is 0. The van der Waals surface area contributed by atoms with Gasteiger partial charge >= 0.3 is 0 Å². The quantitative estimate of drug-likeness (QED) is 0.417. The summed E-state index contributed by atoms with van der Waals surface area (Å²) in [5.41, 5.74) is 4.33. The third-order valence-electron chi connectivity index (χ3n) is 4.48. The van der Waals surface area contributed by atoms with Gasteiger partial charge in [-0.25, -0.2) is 4.89 Å². The average molecular weight is 320 g/mol. The lowest BCUT2D eigenvalue weighted by atomic mass is 9.90. The Morgan fingerprint density at radius 2 is 1.87 bits per heavy atom. The Balaban J connectivity index is 3.06. The minimum atomic E-state index is -0.594. The van der Waals surface area contributed by atoms with Gasteiger partial charge in [0.25, 0.3) is 0 Å². The van der Waals surface area contributed by atoms with Crippen LogP contribution in [0.2, 0.25) is 0 Å². The van der Waals surface area contributed by atoms with E-state index in [1.807, 2.05) is 6.08 Å². The minimum Gasteiger partial charge on any atom is -0.388 e.